The summed E-state index contributed by atoms with van der Waals surface area (Å²) in [6.45, 7) is -0.432. The third kappa shape index (κ3) is 2.11. The smallest absolute Gasteiger partial charge is 0.112 e. The van der Waals surface area contributed by atoms with Gasteiger partial charge in [0.05, 0.1) is 12.7 Å². The van der Waals surface area contributed by atoms with E-state index in [1.807, 2.05) is 0 Å². The lowest BCUT2D eigenvalue weighted by Gasteiger charge is -2.38. The van der Waals surface area contributed by atoms with E-state index in [-0.39, 0.29) is 0 Å². The molecule has 80 valence electrons. The summed E-state index contributed by atoms with van der Waals surface area (Å²) in [7, 11) is 0. The largest absolute Gasteiger partial charge is 0.394 e. The summed E-state index contributed by atoms with van der Waals surface area (Å²) in [5.74, 6) is 0. The van der Waals surface area contributed by atoms with Crippen LogP contribution in [0.4, 0.5) is 0 Å². The molecular formula is C6H11N3O4S. The molecule has 7 nitrogen and oxygen atoms in total. The highest BCUT2D eigenvalue weighted by atomic mass is 32.1. The number of hydrogen-bond acceptors (Lipinski definition) is 6. The molecule has 14 heavy (non-hydrogen) atoms. The zero-order valence-corrected chi connectivity index (χ0v) is 8.03. The summed E-state index contributed by atoms with van der Waals surface area (Å²) >= 11 is 3.93. The first-order valence-corrected chi connectivity index (χ1v) is 4.48. The van der Waals surface area contributed by atoms with Gasteiger partial charge in [-0.15, -0.1) is 12.6 Å². The number of aliphatic hydroxyl groups excluding tert-OH is 3. The van der Waals surface area contributed by atoms with Crippen molar-refractivity contribution in [3.63, 3.8) is 0 Å². The van der Waals surface area contributed by atoms with E-state index >= 15 is 0 Å². The molecule has 0 aliphatic carbocycles. The van der Waals surface area contributed by atoms with Crippen molar-refractivity contribution in [2.45, 2.75) is 29.8 Å². The van der Waals surface area contributed by atoms with Crippen molar-refractivity contribution >= 4 is 12.6 Å². The van der Waals surface area contributed by atoms with Crippen molar-refractivity contribution in [2.24, 2.45) is 5.11 Å². The maximum absolute atomic E-state index is 9.49. The number of ether oxygens (including phenoxy) is 1. The highest BCUT2D eigenvalue weighted by Crippen LogP contribution is 2.25. The van der Waals surface area contributed by atoms with Gasteiger partial charge < -0.3 is 20.1 Å². The molecule has 1 rings (SSSR count). The molecule has 0 radical (unpaired) electrons. The van der Waals surface area contributed by atoms with E-state index in [4.69, 9.17) is 15.4 Å². The molecule has 1 heterocycles. The van der Waals surface area contributed by atoms with Crippen molar-refractivity contribution in [2.75, 3.05) is 6.61 Å². The molecule has 1 aliphatic heterocycles. The van der Waals surface area contributed by atoms with Gasteiger partial charge in [-0.2, -0.15) is 0 Å². The Morgan fingerprint density at radius 3 is 2.57 bits per heavy atom. The van der Waals surface area contributed by atoms with Crippen molar-refractivity contribution < 1.29 is 20.1 Å². The Morgan fingerprint density at radius 2 is 2.07 bits per heavy atom. The molecule has 2 unspecified atom stereocenters. The van der Waals surface area contributed by atoms with Crippen molar-refractivity contribution in [1.29, 1.82) is 0 Å². The molecule has 3 N–H and O–H groups in total. The van der Waals surface area contributed by atoms with Crippen LogP contribution in [0.25, 0.3) is 10.4 Å². The molecule has 0 aromatic carbocycles. The zero-order chi connectivity index (χ0) is 10.7. The van der Waals surface area contributed by atoms with E-state index in [9.17, 15) is 10.2 Å². The van der Waals surface area contributed by atoms with Crippen LogP contribution in [-0.4, -0.2) is 51.7 Å². The number of azide groups is 1. The van der Waals surface area contributed by atoms with E-state index < -0.39 is 36.4 Å². The Kier molecular flexibility index (Phi) is 3.99. The average molecular weight is 221 g/mol. The third-order valence-corrected chi connectivity index (χ3v) is 2.48. The van der Waals surface area contributed by atoms with Crippen LogP contribution in [0.5, 0.6) is 0 Å². The highest BCUT2D eigenvalue weighted by molar-refractivity contribution is 7.80. The second kappa shape index (κ2) is 4.83. The molecule has 5 atom stereocenters. The minimum absolute atomic E-state index is 0.432. The van der Waals surface area contributed by atoms with Crippen LogP contribution < -0.4 is 0 Å². The average Bonchev–Trinajstić information content (AvgIpc) is 2.18. The number of hydrogen-bond donors (Lipinski definition) is 4. The summed E-state index contributed by atoms with van der Waals surface area (Å²) < 4.78 is 5.02. The SMILES string of the molecule is [N-]=[N+]=N[C@H]1C(O)[C@@H](O)C(CO)O[C@H]1S. The maximum Gasteiger partial charge on any atom is 0.112 e. The van der Waals surface area contributed by atoms with Gasteiger partial charge >= 0.3 is 0 Å². The van der Waals surface area contributed by atoms with E-state index in [0.29, 0.717) is 0 Å². The topological polar surface area (TPSA) is 119 Å². The summed E-state index contributed by atoms with van der Waals surface area (Å²) in [6.07, 6.45) is -3.46. The van der Waals surface area contributed by atoms with Gasteiger partial charge in [0.25, 0.3) is 0 Å². The molecule has 0 aromatic heterocycles. The van der Waals surface area contributed by atoms with Crippen LogP contribution in [0.2, 0.25) is 0 Å². The normalized spacial score (nSPS) is 43.0. The van der Waals surface area contributed by atoms with Crippen LogP contribution in [0.3, 0.4) is 0 Å². The first kappa shape index (κ1) is 11.6. The molecule has 1 saturated heterocycles. The van der Waals surface area contributed by atoms with Crippen LogP contribution in [0.15, 0.2) is 5.11 Å². The van der Waals surface area contributed by atoms with Crippen LogP contribution >= 0.6 is 12.6 Å². The summed E-state index contributed by atoms with van der Waals surface area (Å²) in [5.41, 5.74) is 7.36. The number of aliphatic hydroxyl groups is 3. The molecule has 0 bridgehead atoms. The van der Waals surface area contributed by atoms with Crippen molar-refractivity contribution in [3.05, 3.63) is 10.4 Å². The van der Waals surface area contributed by atoms with Crippen molar-refractivity contribution in [1.82, 2.24) is 0 Å². The van der Waals surface area contributed by atoms with Gasteiger partial charge in [0.15, 0.2) is 0 Å². The second-order valence-electron chi connectivity index (χ2n) is 2.92. The zero-order valence-electron chi connectivity index (χ0n) is 7.13. The fourth-order valence-electron chi connectivity index (χ4n) is 1.27. The first-order chi connectivity index (χ1) is 6.61. The van der Waals surface area contributed by atoms with E-state index in [1.54, 1.807) is 0 Å². The van der Waals surface area contributed by atoms with Crippen LogP contribution in [-0.2, 0) is 4.74 Å². The van der Waals surface area contributed by atoms with Gasteiger partial charge in [-0.3, -0.25) is 0 Å². The minimum Gasteiger partial charge on any atom is -0.394 e. The molecule has 1 fully saturated rings. The predicted octanol–water partition coefficient (Wildman–Crippen LogP) is -0.966. The summed E-state index contributed by atoms with van der Waals surface area (Å²) in [4.78, 5) is 2.51. The lowest BCUT2D eigenvalue weighted by atomic mass is 9.99. The third-order valence-electron chi connectivity index (χ3n) is 2.05. The van der Waals surface area contributed by atoms with Gasteiger partial charge in [0, 0.05) is 4.91 Å². The Labute approximate surface area is 85.3 Å². The summed E-state index contributed by atoms with van der Waals surface area (Å²) in [5, 5.41) is 30.9. The van der Waals surface area contributed by atoms with Gasteiger partial charge in [-0.25, -0.2) is 0 Å². The lowest BCUT2D eigenvalue weighted by molar-refractivity contribution is -0.165. The standard InChI is InChI=1S/C6H11N3O4S/c7-9-8-3-5(12)4(11)2(1-10)13-6(3)14/h2-6,10-12,14H,1H2/t2?,3-,4-,5?,6-/m0/s1. The maximum atomic E-state index is 9.49. The van der Waals surface area contributed by atoms with E-state index in [2.05, 4.69) is 22.7 Å². The van der Waals surface area contributed by atoms with Gasteiger partial charge in [-0.05, 0) is 5.53 Å². The number of nitrogens with zero attached hydrogens (tertiary/aromatic N) is 3. The Bertz CT molecular complexity index is 247. The van der Waals surface area contributed by atoms with Gasteiger partial charge in [-0.1, -0.05) is 5.11 Å². The Hall–Kier alpha value is -0.500. The van der Waals surface area contributed by atoms with Crippen molar-refractivity contribution in [3.8, 4) is 0 Å². The highest BCUT2D eigenvalue weighted by Gasteiger charge is 2.42. The minimum atomic E-state index is -1.28. The molecular weight excluding hydrogens is 210 g/mol. The van der Waals surface area contributed by atoms with Gasteiger partial charge in [0.1, 0.15) is 23.7 Å². The van der Waals surface area contributed by atoms with E-state index in [1.165, 1.54) is 0 Å². The molecule has 0 saturated carbocycles. The molecule has 0 amide bonds. The Morgan fingerprint density at radius 1 is 1.43 bits per heavy atom. The monoisotopic (exact) mass is 221 g/mol. The fourth-order valence-corrected chi connectivity index (χ4v) is 1.66. The molecule has 0 aromatic rings. The Balaban J connectivity index is 2.78. The van der Waals surface area contributed by atoms with Crippen LogP contribution in [0.1, 0.15) is 0 Å². The van der Waals surface area contributed by atoms with Crippen LogP contribution in [0, 0.1) is 0 Å². The number of rotatable bonds is 2. The summed E-state index contributed by atoms with van der Waals surface area (Å²) in [6, 6.07) is -0.957. The molecule has 0 spiro atoms. The molecule has 8 heteroatoms. The second-order valence-corrected chi connectivity index (χ2v) is 3.43. The lowest BCUT2D eigenvalue weighted by Crippen LogP contribution is -2.56. The molecule has 1 aliphatic rings. The quantitative estimate of drug-likeness (QED) is 0.208. The fraction of sp³-hybridized carbons (Fsp3) is 1.00. The van der Waals surface area contributed by atoms with E-state index in [0.717, 1.165) is 0 Å². The first-order valence-electron chi connectivity index (χ1n) is 3.96. The van der Waals surface area contributed by atoms with Gasteiger partial charge in [0.2, 0.25) is 0 Å². The number of thiol groups is 1. The predicted molar refractivity (Wildman–Crippen MR) is 49.7 cm³/mol.